The molecule has 0 aliphatic rings. The summed E-state index contributed by atoms with van der Waals surface area (Å²) in [5.41, 5.74) is 0.383. The van der Waals surface area contributed by atoms with Crippen molar-refractivity contribution in [2.24, 2.45) is 0 Å². The fraction of sp³-hybridized carbons (Fsp3) is 0.727. The summed E-state index contributed by atoms with van der Waals surface area (Å²) in [7, 11) is 1.76. The number of hydrogen-bond donors (Lipinski definition) is 0. The number of aromatic nitrogens is 2. The summed E-state index contributed by atoms with van der Waals surface area (Å²) in [6, 6.07) is 0. The molecule has 0 N–H and O–H groups in total. The van der Waals surface area contributed by atoms with Crippen molar-refractivity contribution in [3.8, 4) is 0 Å². The van der Waals surface area contributed by atoms with Gasteiger partial charge in [-0.2, -0.15) is 0 Å². The van der Waals surface area contributed by atoms with Crippen LogP contribution in [0.25, 0.3) is 0 Å². The van der Waals surface area contributed by atoms with Gasteiger partial charge in [0.2, 0.25) is 0 Å². The van der Waals surface area contributed by atoms with E-state index in [1.165, 1.54) is 0 Å². The van der Waals surface area contributed by atoms with Gasteiger partial charge in [0.05, 0.1) is 11.2 Å². The summed E-state index contributed by atoms with van der Waals surface area (Å²) in [5, 5.41) is 4.02. The first-order valence-corrected chi connectivity index (χ1v) is 6.78. The van der Waals surface area contributed by atoms with E-state index in [4.69, 9.17) is 11.6 Å². The predicted octanol–water partition coefficient (Wildman–Crippen LogP) is 2.75. The van der Waals surface area contributed by atoms with Gasteiger partial charge >= 0.3 is 0 Å². The van der Waals surface area contributed by atoms with E-state index in [1.807, 2.05) is 27.7 Å². The number of rotatable bonds is 4. The molecule has 4 nitrogen and oxygen atoms in total. The van der Waals surface area contributed by atoms with Gasteiger partial charge in [-0.1, -0.05) is 18.3 Å². The molecule has 0 aromatic carbocycles. The number of alkyl halides is 1. The lowest BCUT2D eigenvalue weighted by Gasteiger charge is -2.33. The second kappa shape index (κ2) is 5.31. The molecule has 0 saturated heterocycles. The summed E-state index contributed by atoms with van der Waals surface area (Å²) in [6.45, 7) is 7.86. The molecule has 1 aromatic heterocycles. The first-order chi connectivity index (χ1) is 7.81. The van der Waals surface area contributed by atoms with Crippen molar-refractivity contribution >= 4 is 29.0 Å². The van der Waals surface area contributed by atoms with Crippen molar-refractivity contribution in [2.45, 2.75) is 39.2 Å². The number of amides is 1. The Labute approximate surface area is 111 Å². The number of carbonyl (C=O) groups excluding carboxylic acids is 1. The third kappa shape index (κ3) is 2.96. The van der Waals surface area contributed by atoms with Gasteiger partial charge in [0, 0.05) is 12.9 Å². The lowest BCUT2D eigenvalue weighted by Crippen LogP contribution is -2.46. The van der Waals surface area contributed by atoms with Crippen LogP contribution in [-0.2, 0) is 0 Å². The van der Waals surface area contributed by atoms with Crippen LogP contribution in [0.4, 0.5) is 0 Å². The Morgan fingerprint density at radius 1 is 1.53 bits per heavy atom. The molecule has 0 spiro atoms. The molecule has 0 atom stereocenters. The average Bonchev–Trinajstić information content (AvgIpc) is 2.75. The highest BCUT2D eigenvalue weighted by atomic mass is 35.5. The van der Waals surface area contributed by atoms with Crippen LogP contribution in [0.5, 0.6) is 0 Å². The zero-order valence-corrected chi connectivity index (χ0v) is 12.4. The summed E-state index contributed by atoms with van der Waals surface area (Å²) in [6.07, 6.45) is 0. The molecule has 0 saturated carbocycles. The van der Waals surface area contributed by atoms with Crippen LogP contribution >= 0.6 is 23.1 Å². The third-order valence-corrected chi connectivity index (χ3v) is 4.18. The third-order valence-electron chi connectivity index (χ3n) is 2.79. The highest BCUT2D eigenvalue weighted by molar-refractivity contribution is 7.08. The van der Waals surface area contributed by atoms with Gasteiger partial charge in [-0.25, -0.2) is 0 Å². The number of nitrogens with zero attached hydrogens (tertiary/aromatic N) is 3. The van der Waals surface area contributed by atoms with Crippen LogP contribution < -0.4 is 0 Å². The molecule has 1 aromatic rings. The monoisotopic (exact) mass is 275 g/mol. The Balaban J connectivity index is 3.01. The normalized spacial score (nSPS) is 11.9. The maximum Gasteiger partial charge on any atom is 0.267 e. The molecule has 96 valence electrons. The minimum absolute atomic E-state index is 0.0608. The number of carbonyl (C=O) groups is 1. The molecule has 1 amide bonds. The Hall–Kier alpha value is -0.680. The van der Waals surface area contributed by atoms with Crippen LogP contribution in [0, 0.1) is 0 Å². The quantitative estimate of drug-likeness (QED) is 0.794. The SMILES string of the molecule is CC(C)c1nnsc1C(=O)N(C)C(C)(C)CCl. The van der Waals surface area contributed by atoms with Gasteiger partial charge in [-0.3, -0.25) is 4.79 Å². The Morgan fingerprint density at radius 3 is 2.59 bits per heavy atom. The largest absolute Gasteiger partial charge is 0.335 e. The first-order valence-electron chi connectivity index (χ1n) is 5.47. The fourth-order valence-corrected chi connectivity index (χ4v) is 2.22. The number of hydrogen-bond acceptors (Lipinski definition) is 4. The van der Waals surface area contributed by atoms with E-state index in [2.05, 4.69) is 9.59 Å². The van der Waals surface area contributed by atoms with Crippen molar-refractivity contribution in [2.75, 3.05) is 12.9 Å². The molecule has 0 aliphatic carbocycles. The molecule has 0 unspecified atom stereocenters. The molecule has 0 fully saturated rings. The summed E-state index contributed by atoms with van der Waals surface area (Å²) >= 11 is 7.02. The Bertz CT molecular complexity index is 403. The molecule has 0 bridgehead atoms. The molecule has 0 radical (unpaired) electrons. The zero-order valence-electron chi connectivity index (χ0n) is 10.8. The highest BCUT2D eigenvalue weighted by Crippen LogP contribution is 2.24. The fourth-order valence-electron chi connectivity index (χ4n) is 1.24. The second-order valence-electron chi connectivity index (χ2n) is 4.95. The van der Waals surface area contributed by atoms with Crippen LogP contribution in [0.1, 0.15) is 49.0 Å². The molecule has 0 aliphatic heterocycles. The number of halogens is 1. The van der Waals surface area contributed by atoms with Gasteiger partial charge in [0.25, 0.3) is 5.91 Å². The molecule has 1 rings (SSSR count). The van der Waals surface area contributed by atoms with Gasteiger partial charge in [0.1, 0.15) is 4.88 Å². The van der Waals surface area contributed by atoms with E-state index in [9.17, 15) is 4.79 Å². The van der Waals surface area contributed by atoms with Gasteiger partial charge in [0.15, 0.2) is 0 Å². The van der Waals surface area contributed by atoms with Crippen LogP contribution in [0.2, 0.25) is 0 Å². The van der Waals surface area contributed by atoms with Crippen molar-refractivity contribution in [1.29, 1.82) is 0 Å². The van der Waals surface area contributed by atoms with Gasteiger partial charge in [-0.15, -0.1) is 16.7 Å². The van der Waals surface area contributed by atoms with Gasteiger partial charge < -0.3 is 4.90 Å². The standard InChI is InChI=1S/C11H18ClN3OS/c1-7(2)8-9(17-14-13-8)10(16)15(5)11(3,4)6-12/h7H,6H2,1-5H3. The molecule has 17 heavy (non-hydrogen) atoms. The van der Waals surface area contributed by atoms with E-state index >= 15 is 0 Å². The molecular formula is C11H18ClN3OS. The summed E-state index contributed by atoms with van der Waals surface area (Å²) in [5.74, 6) is 0.521. The zero-order chi connectivity index (χ0) is 13.2. The van der Waals surface area contributed by atoms with Crippen LogP contribution in [0.15, 0.2) is 0 Å². The Kier molecular flexibility index (Phi) is 4.49. The lowest BCUT2D eigenvalue weighted by molar-refractivity contribution is 0.0663. The minimum atomic E-state index is -0.378. The van der Waals surface area contributed by atoms with E-state index in [0.717, 1.165) is 17.2 Å². The van der Waals surface area contributed by atoms with Crippen molar-refractivity contribution in [1.82, 2.24) is 14.5 Å². The van der Waals surface area contributed by atoms with Gasteiger partial charge in [-0.05, 0) is 31.3 Å². The van der Waals surface area contributed by atoms with Crippen molar-refractivity contribution in [3.63, 3.8) is 0 Å². The maximum atomic E-state index is 12.3. The van der Waals surface area contributed by atoms with E-state index < -0.39 is 0 Å². The summed E-state index contributed by atoms with van der Waals surface area (Å²) in [4.78, 5) is 14.6. The second-order valence-corrected chi connectivity index (χ2v) is 5.97. The maximum absolute atomic E-state index is 12.3. The predicted molar refractivity (Wildman–Crippen MR) is 70.9 cm³/mol. The summed E-state index contributed by atoms with van der Waals surface area (Å²) < 4.78 is 3.87. The highest BCUT2D eigenvalue weighted by Gasteiger charge is 2.30. The van der Waals surface area contributed by atoms with E-state index in [0.29, 0.717) is 10.8 Å². The first kappa shape index (κ1) is 14.4. The van der Waals surface area contributed by atoms with Crippen molar-refractivity contribution in [3.05, 3.63) is 10.6 Å². The molecular weight excluding hydrogens is 258 g/mol. The van der Waals surface area contributed by atoms with Crippen LogP contribution in [0.3, 0.4) is 0 Å². The average molecular weight is 276 g/mol. The van der Waals surface area contributed by atoms with Crippen LogP contribution in [-0.4, -0.2) is 38.9 Å². The topological polar surface area (TPSA) is 46.1 Å². The smallest absolute Gasteiger partial charge is 0.267 e. The lowest BCUT2D eigenvalue weighted by atomic mass is 10.0. The molecule has 1 heterocycles. The van der Waals surface area contributed by atoms with E-state index in [-0.39, 0.29) is 17.4 Å². The Morgan fingerprint density at radius 2 is 2.12 bits per heavy atom. The van der Waals surface area contributed by atoms with Crippen molar-refractivity contribution < 1.29 is 4.79 Å². The van der Waals surface area contributed by atoms with E-state index in [1.54, 1.807) is 11.9 Å². The minimum Gasteiger partial charge on any atom is -0.335 e. The molecule has 6 heteroatoms.